The van der Waals surface area contributed by atoms with Gasteiger partial charge >= 0.3 is 6.09 Å². The zero-order valence-electron chi connectivity index (χ0n) is 7.87. The Morgan fingerprint density at radius 2 is 2.54 bits per heavy atom. The predicted octanol–water partition coefficient (Wildman–Crippen LogP) is 0.477. The molecule has 4 nitrogen and oxygen atoms in total. The Kier molecular flexibility index (Phi) is 3.59. The van der Waals surface area contributed by atoms with E-state index in [9.17, 15) is 4.79 Å². The molecule has 0 aliphatic carbocycles. The highest BCUT2D eigenvalue weighted by Gasteiger charge is 2.27. The maximum Gasteiger partial charge on any atom is 0.410 e. The lowest BCUT2D eigenvalue weighted by Crippen LogP contribution is -2.22. The first kappa shape index (κ1) is 9.87. The fourth-order valence-electron chi connectivity index (χ4n) is 1.05. The van der Waals surface area contributed by atoms with Crippen LogP contribution in [-0.2, 0) is 9.47 Å². The molecule has 1 aliphatic rings. The van der Waals surface area contributed by atoms with E-state index in [1.54, 1.807) is 14.0 Å². The number of amides is 1. The van der Waals surface area contributed by atoms with Gasteiger partial charge in [-0.05, 0) is 6.92 Å². The van der Waals surface area contributed by atoms with E-state index in [-0.39, 0.29) is 12.2 Å². The van der Waals surface area contributed by atoms with Gasteiger partial charge < -0.3 is 14.4 Å². The van der Waals surface area contributed by atoms with Crippen molar-refractivity contribution in [1.82, 2.24) is 4.90 Å². The van der Waals surface area contributed by atoms with E-state index >= 15 is 0 Å². The van der Waals surface area contributed by atoms with Gasteiger partial charge in [-0.3, -0.25) is 0 Å². The molecule has 0 unspecified atom stereocenters. The molecule has 0 bridgehead atoms. The minimum atomic E-state index is -0.282. The number of cyclic esters (lactones) is 1. The molecule has 1 atom stereocenters. The van der Waals surface area contributed by atoms with Crippen molar-refractivity contribution in [2.24, 2.45) is 0 Å². The van der Waals surface area contributed by atoms with E-state index in [0.29, 0.717) is 19.8 Å². The molecule has 1 amide bonds. The highest BCUT2D eigenvalue weighted by Crippen LogP contribution is 2.08. The van der Waals surface area contributed by atoms with E-state index in [2.05, 4.69) is 11.8 Å². The van der Waals surface area contributed by atoms with Gasteiger partial charge in [0.2, 0.25) is 0 Å². The lowest BCUT2D eigenvalue weighted by Gasteiger charge is -2.06. The average Bonchev–Trinajstić information content (AvgIpc) is 2.41. The molecule has 4 heteroatoms. The SMILES string of the molecule is CC#CCOC[C@@H]1CN(C)C(=O)O1. The van der Waals surface area contributed by atoms with Crippen molar-refractivity contribution in [3.63, 3.8) is 0 Å². The Labute approximate surface area is 77.8 Å². The topological polar surface area (TPSA) is 38.8 Å². The van der Waals surface area contributed by atoms with Gasteiger partial charge in [0, 0.05) is 7.05 Å². The Morgan fingerprint density at radius 1 is 1.77 bits per heavy atom. The molecule has 1 rings (SSSR count). The summed E-state index contributed by atoms with van der Waals surface area (Å²) in [4.78, 5) is 12.4. The van der Waals surface area contributed by atoms with Crippen molar-refractivity contribution < 1.29 is 14.3 Å². The first-order valence-corrected chi connectivity index (χ1v) is 4.13. The summed E-state index contributed by atoms with van der Waals surface area (Å²) >= 11 is 0. The Balaban J connectivity index is 2.16. The number of likely N-dealkylation sites (N-methyl/N-ethyl adjacent to an activating group) is 1. The second kappa shape index (κ2) is 4.73. The monoisotopic (exact) mass is 183 g/mol. The predicted molar refractivity (Wildman–Crippen MR) is 47.2 cm³/mol. The summed E-state index contributed by atoms with van der Waals surface area (Å²) in [6.45, 7) is 3.17. The van der Waals surface area contributed by atoms with Crippen LogP contribution < -0.4 is 0 Å². The van der Waals surface area contributed by atoms with Gasteiger partial charge in [0.1, 0.15) is 12.7 Å². The minimum absolute atomic E-state index is 0.142. The molecule has 0 radical (unpaired) electrons. The standard InChI is InChI=1S/C9H13NO3/c1-3-4-5-12-7-8-6-10(2)9(11)13-8/h8H,5-7H2,1-2H3/t8-/m0/s1. The van der Waals surface area contributed by atoms with Crippen molar-refractivity contribution in [2.45, 2.75) is 13.0 Å². The Morgan fingerprint density at radius 3 is 3.08 bits per heavy atom. The second-order valence-electron chi connectivity index (χ2n) is 2.83. The number of rotatable bonds is 3. The van der Waals surface area contributed by atoms with Gasteiger partial charge in [0.05, 0.1) is 13.2 Å². The van der Waals surface area contributed by atoms with Crippen LogP contribution in [0.15, 0.2) is 0 Å². The third-order valence-electron chi connectivity index (χ3n) is 1.71. The van der Waals surface area contributed by atoms with Gasteiger partial charge in [0.25, 0.3) is 0 Å². The average molecular weight is 183 g/mol. The van der Waals surface area contributed by atoms with Crippen LogP contribution in [0.2, 0.25) is 0 Å². The zero-order chi connectivity index (χ0) is 9.68. The van der Waals surface area contributed by atoms with E-state index in [1.807, 2.05) is 0 Å². The molecule has 0 N–H and O–H groups in total. The van der Waals surface area contributed by atoms with Crippen molar-refractivity contribution >= 4 is 6.09 Å². The van der Waals surface area contributed by atoms with E-state index in [1.165, 1.54) is 4.90 Å². The van der Waals surface area contributed by atoms with Gasteiger partial charge in [0.15, 0.2) is 0 Å². The van der Waals surface area contributed by atoms with Crippen LogP contribution in [0.3, 0.4) is 0 Å². The molecule has 13 heavy (non-hydrogen) atoms. The lowest BCUT2D eigenvalue weighted by atomic mass is 10.4. The normalized spacial score (nSPS) is 20.9. The van der Waals surface area contributed by atoms with Crippen molar-refractivity contribution in [3.8, 4) is 11.8 Å². The molecule has 1 heterocycles. The Hall–Kier alpha value is -1.21. The number of hydrogen-bond donors (Lipinski definition) is 0. The van der Waals surface area contributed by atoms with Gasteiger partial charge in [-0.15, -0.1) is 5.92 Å². The van der Waals surface area contributed by atoms with Crippen LogP contribution >= 0.6 is 0 Å². The highest BCUT2D eigenvalue weighted by atomic mass is 16.6. The van der Waals surface area contributed by atoms with Gasteiger partial charge in [-0.2, -0.15) is 0 Å². The van der Waals surface area contributed by atoms with Crippen molar-refractivity contribution in [2.75, 3.05) is 26.8 Å². The minimum Gasteiger partial charge on any atom is -0.442 e. The molecule has 0 aromatic rings. The largest absolute Gasteiger partial charge is 0.442 e. The summed E-state index contributed by atoms with van der Waals surface area (Å²) < 4.78 is 10.1. The van der Waals surface area contributed by atoms with Crippen LogP contribution in [-0.4, -0.2) is 43.9 Å². The highest BCUT2D eigenvalue weighted by molar-refractivity contribution is 5.69. The van der Waals surface area contributed by atoms with E-state index in [4.69, 9.17) is 9.47 Å². The molecule has 1 fully saturated rings. The van der Waals surface area contributed by atoms with Gasteiger partial charge in [-0.25, -0.2) is 4.79 Å². The van der Waals surface area contributed by atoms with Crippen LogP contribution in [0.25, 0.3) is 0 Å². The van der Waals surface area contributed by atoms with Crippen LogP contribution in [0.5, 0.6) is 0 Å². The first-order valence-electron chi connectivity index (χ1n) is 4.13. The third kappa shape index (κ3) is 2.96. The van der Waals surface area contributed by atoms with Crippen molar-refractivity contribution in [3.05, 3.63) is 0 Å². The molecule has 1 saturated heterocycles. The van der Waals surface area contributed by atoms with Crippen LogP contribution in [0.1, 0.15) is 6.92 Å². The van der Waals surface area contributed by atoms with Crippen LogP contribution in [0.4, 0.5) is 4.79 Å². The zero-order valence-corrected chi connectivity index (χ0v) is 7.87. The maximum absolute atomic E-state index is 10.9. The van der Waals surface area contributed by atoms with Crippen molar-refractivity contribution in [1.29, 1.82) is 0 Å². The molecular weight excluding hydrogens is 170 g/mol. The summed E-state index contributed by atoms with van der Waals surface area (Å²) in [7, 11) is 1.70. The molecule has 0 aromatic heterocycles. The molecule has 0 spiro atoms. The smallest absolute Gasteiger partial charge is 0.410 e. The number of carbonyl (C=O) groups excluding carboxylic acids is 1. The summed E-state index contributed by atoms with van der Waals surface area (Å²) in [5.41, 5.74) is 0. The molecule has 0 aromatic carbocycles. The quantitative estimate of drug-likeness (QED) is 0.472. The summed E-state index contributed by atoms with van der Waals surface area (Å²) in [5, 5.41) is 0. The van der Waals surface area contributed by atoms with E-state index in [0.717, 1.165) is 0 Å². The first-order chi connectivity index (χ1) is 6.24. The summed E-state index contributed by atoms with van der Waals surface area (Å²) in [6.07, 6.45) is -0.425. The molecule has 1 aliphatic heterocycles. The third-order valence-corrected chi connectivity index (χ3v) is 1.71. The summed E-state index contributed by atoms with van der Waals surface area (Å²) in [5.74, 6) is 5.49. The molecular formula is C9H13NO3. The number of hydrogen-bond acceptors (Lipinski definition) is 3. The number of nitrogens with zero attached hydrogens (tertiary/aromatic N) is 1. The second-order valence-corrected chi connectivity index (χ2v) is 2.83. The number of carbonyl (C=O) groups is 1. The summed E-state index contributed by atoms with van der Waals surface area (Å²) in [6, 6.07) is 0. The lowest BCUT2D eigenvalue weighted by molar-refractivity contribution is 0.0597. The molecule has 72 valence electrons. The van der Waals surface area contributed by atoms with Crippen LogP contribution in [0, 0.1) is 11.8 Å². The molecule has 0 saturated carbocycles. The van der Waals surface area contributed by atoms with E-state index < -0.39 is 0 Å². The Bertz CT molecular complexity index is 241. The fourth-order valence-corrected chi connectivity index (χ4v) is 1.05. The maximum atomic E-state index is 10.9. The number of ether oxygens (including phenoxy) is 2. The van der Waals surface area contributed by atoms with Gasteiger partial charge in [-0.1, -0.05) is 5.92 Å². The fraction of sp³-hybridized carbons (Fsp3) is 0.667.